The highest BCUT2D eigenvalue weighted by atomic mass is 32.1. The largest absolute Gasteiger partial charge is 0.326 e. The predicted molar refractivity (Wildman–Crippen MR) is 78.5 cm³/mol. The standard InChI is InChI=1S/C14H17N3OS/c1-3-17(14-16-10(2)9-19-14)13(18)12-6-4-11(8-15)5-7-12/h4-7,9H,3,8,15H2,1-2H3. The van der Waals surface area contributed by atoms with Crippen LogP contribution in [0.3, 0.4) is 0 Å². The van der Waals surface area contributed by atoms with E-state index in [2.05, 4.69) is 4.98 Å². The summed E-state index contributed by atoms with van der Waals surface area (Å²) in [4.78, 5) is 18.5. The van der Waals surface area contributed by atoms with Crippen molar-refractivity contribution in [3.8, 4) is 0 Å². The first-order valence-corrected chi connectivity index (χ1v) is 7.06. The maximum Gasteiger partial charge on any atom is 0.260 e. The second kappa shape index (κ2) is 5.95. The van der Waals surface area contributed by atoms with Crippen LogP contribution in [0.2, 0.25) is 0 Å². The quantitative estimate of drug-likeness (QED) is 0.933. The number of aryl methyl sites for hydroxylation is 1. The van der Waals surface area contributed by atoms with E-state index in [1.807, 2.05) is 43.5 Å². The Morgan fingerprint density at radius 1 is 1.37 bits per heavy atom. The molecule has 0 saturated heterocycles. The molecule has 0 aliphatic heterocycles. The Labute approximate surface area is 116 Å². The molecule has 1 aromatic carbocycles. The first kappa shape index (κ1) is 13.7. The van der Waals surface area contributed by atoms with Gasteiger partial charge in [0.2, 0.25) is 0 Å². The molecule has 0 atom stereocenters. The summed E-state index contributed by atoms with van der Waals surface area (Å²) >= 11 is 1.49. The summed E-state index contributed by atoms with van der Waals surface area (Å²) in [5, 5.41) is 2.69. The minimum atomic E-state index is -0.0274. The summed E-state index contributed by atoms with van der Waals surface area (Å²) < 4.78 is 0. The normalized spacial score (nSPS) is 10.5. The molecule has 1 amide bonds. The first-order chi connectivity index (χ1) is 9.15. The summed E-state index contributed by atoms with van der Waals surface area (Å²) in [5.74, 6) is -0.0274. The molecule has 0 aliphatic rings. The highest BCUT2D eigenvalue weighted by Gasteiger charge is 2.18. The Balaban J connectivity index is 2.25. The molecule has 19 heavy (non-hydrogen) atoms. The molecule has 0 bridgehead atoms. The van der Waals surface area contributed by atoms with Crippen molar-refractivity contribution in [2.45, 2.75) is 20.4 Å². The van der Waals surface area contributed by atoms with Crippen LogP contribution in [0.15, 0.2) is 29.6 Å². The van der Waals surface area contributed by atoms with Gasteiger partial charge in [-0.1, -0.05) is 12.1 Å². The van der Waals surface area contributed by atoms with Gasteiger partial charge in [-0.05, 0) is 31.5 Å². The lowest BCUT2D eigenvalue weighted by Crippen LogP contribution is -2.30. The minimum Gasteiger partial charge on any atom is -0.326 e. The lowest BCUT2D eigenvalue weighted by molar-refractivity contribution is 0.0988. The van der Waals surface area contributed by atoms with Crippen molar-refractivity contribution in [1.82, 2.24) is 4.98 Å². The lowest BCUT2D eigenvalue weighted by Gasteiger charge is -2.17. The Bertz CT molecular complexity index is 562. The Morgan fingerprint density at radius 2 is 2.05 bits per heavy atom. The van der Waals surface area contributed by atoms with E-state index < -0.39 is 0 Å². The summed E-state index contributed by atoms with van der Waals surface area (Å²) in [6.45, 7) is 4.96. The first-order valence-electron chi connectivity index (χ1n) is 6.18. The fourth-order valence-corrected chi connectivity index (χ4v) is 2.64. The summed E-state index contributed by atoms with van der Waals surface area (Å²) in [5.41, 5.74) is 8.16. The molecule has 100 valence electrons. The molecular weight excluding hydrogens is 258 g/mol. The SMILES string of the molecule is CCN(C(=O)c1ccc(CN)cc1)c1nc(C)cs1. The molecule has 0 fully saturated rings. The highest BCUT2D eigenvalue weighted by molar-refractivity contribution is 7.14. The van der Waals surface area contributed by atoms with Crippen LogP contribution in [0.25, 0.3) is 0 Å². The number of carbonyl (C=O) groups is 1. The third-order valence-electron chi connectivity index (χ3n) is 2.84. The number of carbonyl (C=O) groups excluding carboxylic acids is 1. The van der Waals surface area contributed by atoms with Gasteiger partial charge in [0.15, 0.2) is 5.13 Å². The highest BCUT2D eigenvalue weighted by Crippen LogP contribution is 2.22. The zero-order valence-corrected chi connectivity index (χ0v) is 11.9. The molecule has 0 saturated carbocycles. The van der Waals surface area contributed by atoms with Gasteiger partial charge in [-0.2, -0.15) is 0 Å². The molecule has 0 spiro atoms. The van der Waals surface area contributed by atoms with Crippen LogP contribution in [0, 0.1) is 6.92 Å². The van der Waals surface area contributed by atoms with Crippen LogP contribution in [0.4, 0.5) is 5.13 Å². The van der Waals surface area contributed by atoms with Crippen LogP contribution in [0.1, 0.15) is 28.5 Å². The number of hydrogen-bond acceptors (Lipinski definition) is 4. The van der Waals surface area contributed by atoms with Gasteiger partial charge in [0, 0.05) is 24.0 Å². The number of anilines is 1. The molecule has 0 unspecified atom stereocenters. The number of nitrogens with two attached hydrogens (primary N) is 1. The van der Waals surface area contributed by atoms with Gasteiger partial charge in [-0.15, -0.1) is 11.3 Å². The third-order valence-corrected chi connectivity index (χ3v) is 3.82. The molecule has 2 N–H and O–H groups in total. The topological polar surface area (TPSA) is 59.2 Å². The van der Waals surface area contributed by atoms with Gasteiger partial charge in [-0.25, -0.2) is 4.98 Å². The van der Waals surface area contributed by atoms with Crippen LogP contribution < -0.4 is 10.6 Å². The van der Waals surface area contributed by atoms with Crippen molar-refractivity contribution in [3.63, 3.8) is 0 Å². The molecule has 2 rings (SSSR count). The maximum absolute atomic E-state index is 12.4. The van der Waals surface area contributed by atoms with Crippen LogP contribution in [-0.4, -0.2) is 17.4 Å². The van der Waals surface area contributed by atoms with Gasteiger partial charge in [0.1, 0.15) is 0 Å². The zero-order valence-electron chi connectivity index (χ0n) is 11.1. The van der Waals surface area contributed by atoms with E-state index in [-0.39, 0.29) is 5.91 Å². The van der Waals surface area contributed by atoms with E-state index in [1.165, 1.54) is 11.3 Å². The maximum atomic E-state index is 12.4. The molecule has 1 heterocycles. The molecule has 1 aromatic heterocycles. The van der Waals surface area contributed by atoms with E-state index in [1.54, 1.807) is 4.90 Å². The average Bonchev–Trinajstić information content (AvgIpc) is 2.86. The molecule has 2 aromatic rings. The predicted octanol–water partition coefficient (Wildman–Crippen LogP) is 2.58. The number of thiazole rings is 1. The Hall–Kier alpha value is -1.72. The molecule has 0 aliphatic carbocycles. The molecule has 4 nitrogen and oxygen atoms in total. The van der Waals surface area contributed by atoms with E-state index in [4.69, 9.17) is 5.73 Å². The summed E-state index contributed by atoms with van der Waals surface area (Å²) in [7, 11) is 0. The van der Waals surface area contributed by atoms with Crippen molar-refractivity contribution in [2.24, 2.45) is 5.73 Å². The van der Waals surface area contributed by atoms with Gasteiger partial charge < -0.3 is 5.73 Å². The van der Waals surface area contributed by atoms with Crippen LogP contribution in [-0.2, 0) is 6.54 Å². The summed E-state index contributed by atoms with van der Waals surface area (Å²) in [6, 6.07) is 7.39. The van der Waals surface area contributed by atoms with E-state index in [9.17, 15) is 4.79 Å². The lowest BCUT2D eigenvalue weighted by atomic mass is 10.1. The number of benzene rings is 1. The summed E-state index contributed by atoms with van der Waals surface area (Å²) in [6.07, 6.45) is 0. The van der Waals surface area contributed by atoms with Gasteiger partial charge >= 0.3 is 0 Å². The number of rotatable bonds is 4. The van der Waals surface area contributed by atoms with E-state index in [0.717, 1.165) is 16.4 Å². The van der Waals surface area contributed by atoms with Crippen LogP contribution >= 0.6 is 11.3 Å². The average molecular weight is 275 g/mol. The van der Waals surface area contributed by atoms with Crippen molar-refractivity contribution < 1.29 is 4.79 Å². The molecule has 0 radical (unpaired) electrons. The molecule has 5 heteroatoms. The van der Waals surface area contributed by atoms with E-state index in [0.29, 0.717) is 18.7 Å². The second-order valence-corrected chi connectivity index (χ2v) is 5.06. The van der Waals surface area contributed by atoms with Crippen molar-refractivity contribution in [2.75, 3.05) is 11.4 Å². The number of aromatic nitrogens is 1. The number of amides is 1. The number of nitrogens with zero attached hydrogens (tertiary/aromatic N) is 2. The smallest absolute Gasteiger partial charge is 0.260 e. The van der Waals surface area contributed by atoms with Gasteiger partial charge in [0.05, 0.1) is 5.69 Å². The third kappa shape index (κ3) is 3.00. The Morgan fingerprint density at radius 3 is 2.53 bits per heavy atom. The fraction of sp³-hybridized carbons (Fsp3) is 0.286. The molecular formula is C14H17N3OS. The minimum absolute atomic E-state index is 0.0274. The zero-order chi connectivity index (χ0) is 13.8. The monoisotopic (exact) mass is 275 g/mol. The second-order valence-electron chi connectivity index (χ2n) is 4.22. The van der Waals surface area contributed by atoms with E-state index >= 15 is 0 Å². The number of hydrogen-bond donors (Lipinski definition) is 1. The van der Waals surface area contributed by atoms with Gasteiger partial charge in [-0.3, -0.25) is 9.69 Å². The fourth-order valence-electron chi connectivity index (χ4n) is 1.77. The van der Waals surface area contributed by atoms with Crippen molar-refractivity contribution >= 4 is 22.4 Å². The van der Waals surface area contributed by atoms with Gasteiger partial charge in [0.25, 0.3) is 5.91 Å². The van der Waals surface area contributed by atoms with Crippen LogP contribution in [0.5, 0.6) is 0 Å². The Kier molecular flexibility index (Phi) is 4.29. The van der Waals surface area contributed by atoms with Crippen molar-refractivity contribution in [1.29, 1.82) is 0 Å². The van der Waals surface area contributed by atoms with Crippen molar-refractivity contribution in [3.05, 3.63) is 46.5 Å².